The van der Waals surface area contributed by atoms with Crippen molar-refractivity contribution in [3.63, 3.8) is 0 Å². The smallest absolute Gasteiger partial charge is 0.0629 e. The topological polar surface area (TPSA) is 38.0 Å². The molecule has 31 heavy (non-hydrogen) atoms. The van der Waals surface area contributed by atoms with Crippen LogP contribution in [0, 0.1) is 6.92 Å². The Labute approximate surface area is 197 Å². The van der Waals surface area contributed by atoms with E-state index in [-0.39, 0.29) is 53.9 Å². The fourth-order valence-corrected chi connectivity index (χ4v) is 3.43. The molecule has 4 aromatic rings. The van der Waals surface area contributed by atoms with Gasteiger partial charge in [0.2, 0.25) is 0 Å². The van der Waals surface area contributed by atoms with E-state index in [1.54, 1.807) is 31.2 Å². The SMILES string of the molecule is [2H]c1cc(-c2cc(C(C)(C)C)cc(-c3c([2H])c([2H])c([2H])c([2H])c3C)c2Nc2ccccc2N)c([2H])c([2H])c1[2H]. The van der Waals surface area contributed by atoms with Gasteiger partial charge in [-0.2, -0.15) is 0 Å². The van der Waals surface area contributed by atoms with E-state index in [0.29, 0.717) is 39.3 Å². The summed E-state index contributed by atoms with van der Waals surface area (Å²) in [5, 5.41) is 3.34. The van der Waals surface area contributed by atoms with E-state index in [1.165, 1.54) is 6.07 Å². The Morgan fingerprint density at radius 3 is 2.29 bits per heavy atom. The minimum absolute atomic E-state index is 0.152. The van der Waals surface area contributed by atoms with Crippen LogP contribution in [0.15, 0.2) is 90.8 Å². The van der Waals surface area contributed by atoms with Gasteiger partial charge in [0, 0.05) is 11.1 Å². The Kier molecular flexibility index (Phi) is 3.49. The highest BCUT2D eigenvalue weighted by molar-refractivity contribution is 5.95. The minimum Gasteiger partial charge on any atom is -0.397 e. The van der Waals surface area contributed by atoms with Gasteiger partial charge in [-0.05, 0) is 58.9 Å². The highest BCUT2D eigenvalue weighted by atomic mass is 14.9. The molecule has 0 spiro atoms. The van der Waals surface area contributed by atoms with Crippen molar-refractivity contribution in [2.45, 2.75) is 33.1 Å². The zero-order chi connectivity index (χ0) is 29.0. The van der Waals surface area contributed by atoms with E-state index in [9.17, 15) is 0 Å². The van der Waals surface area contributed by atoms with E-state index in [4.69, 9.17) is 16.7 Å². The van der Waals surface area contributed by atoms with Crippen molar-refractivity contribution in [1.29, 1.82) is 0 Å². The van der Waals surface area contributed by atoms with Gasteiger partial charge in [-0.25, -0.2) is 0 Å². The lowest BCUT2D eigenvalue weighted by molar-refractivity contribution is 0.591. The molecule has 0 bridgehead atoms. The molecule has 2 nitrogen and oxygen atoms in total. The predicted octanol–water partition coefficient (Wildman–Crippen LogP) is 7.95. The van der Waals surface area contributed by atoms with Crippen LogP contribution in [0.5, 0.6) is 0 Å². The number of anilines is 3. The molecule has 2 heteroatoms. The highest BCUT2D eigenvalue weighted by Gasteiger charge is 2.21. The second-order valence-corrected chi connectivity index (χ2v) is 8.49. The second-order valence-electron chi connectivity index (χ2n) is 8.49. The van der Waals surface area contributed by atoms with Crippen molar-refractivity contribution in [2.24, 2.45) is 0 Å². The number of hydrogen-bond donors (Lipinski definition) is 2. The summed E-state index contributed by atoms with van der Waals surface area (Å²) in [7, 11) is 0. The molecule has 0 fully saturated rings. The van der Waals surface area contributed by atoms with Crippen LogP contribution >= 0.6 is 0 Å². The van der Waals surface area contributed by atoms with Crippen LogP contribution in [0.2, 0.25) is 0 Å². The van der Waals surface area contributed by atoms with E-state index in [0.717, 1.165) is 5.56 Å². The van der Waals surface area contributed by atoms with Crippen LogP contribution in [-0.2, 0) is 5.41 Å². The summed E-state index contributed by atoms with van der Waals surface area (Å²) in [6, 6.07) is 10.0. The lowest BCUT2D eigenvalue weighted by Crippen LogP contribution is -2.12. The Morgan fingerprint density at radius 2 is 1.52 bits per heavy atom. The molecule has 0 heterocycles. The predicted molar refractivity (Wildman–Crippen MR) is 135 cm³/mol. The molecular weight excluding hydrogens is 376 g/mol. The first-order valence-electron chi connectivity index (χ1n) is 14.1. The number of nitrogens with one attached hydrogen (secondary N) is 1. The molecule has 4 rings (SSSR count). The summed E-state index contributed by atoms with van der Waals surface area (Å²) in [4.78, 5) is 0. The third-order valence-electron chi connectivity index (χ3n) is 5.21. The van der Waals surface area contributed by atoms with Crippen molar-refractivity contribution in [1.82, 2.24) is 0 Å². The molecule has 0 saturated carbocycles. The number of nitrogens with two attached hydrogens (primary N) is 1. The highest BCUT2D eigenvalue weighted by Crippen LogP contribution is 2.43. The van der Waals surface area contributed by atoms with Gasteiger partial charge in [0.05, 0.1) is 28.0 Å². The van der Waals surface area contributed by atoms with Crippen LogP contribution < -0.4 is 11.1 Å². The van der Waals surface area contributed by atoms with Crippen molar-refractivity contribution < 1.29 is 11.0 Å². The van der Waals surface area contributed by atoms with Gasteiger partial charge >= 0.3 is 0 Å². The van der Waals surface area contributed by atoms with Crippen molar-refractivity contribution in [3.05, 3.63) is 102 Å². The first-order chi connectivity index (χ1) is 18.1. The minimum atomic E-state index is -0.405. The summed E-state index contributed by atoms with van der Waals surface area (Å²) in [5.74, 6) is 0. The summed E-state index contributed by atoms with van der Waals surface area (Å²) >= 11 is 0. The maximum absolute atomic E-state index is 8.80. The molecule has 0 saturated heterocycles. The van der Waals surface area contributed by atoms with Crippen molar-refractivity contribution >= 4 is 17.1 Å². The third-order valence-corrected chi connectivity index (χ3v) is 5.21. The Bertz CT molecular complexity index is 1590. The summed E-state index contributed by atoms with van der Waals surface area (Å²) < 4.78 is 67.1. The molecular formula is C29H30N2. The normalized spacial score (nSPS) is 15.0. The van der Waals surface area contributed by atoms with Gasteiger partial charge < -0.3 is 11.1 Å². The second kappa shape index (κ2) is 8.31. The Balaban J connectivity index is 2.24. The van der Waals surface area contributed by atoms with Crippen molar-refractivity contribution in [2.75, 3.05) is 11.1 Å². The molecule has 4 aromatic carbocycles. The van der Waals surface area contributed by atoms with Gasteiger partial charge in [0.1, 0.15) is 0 Å². The van der Waals surface area contributed by atoms with Crippen LogP contribution in [-0.4, -0.2) is 0 Å². The molecule has 0 atom stereocenters. The molecule has 0 amide bonds. The lowest BCUT2D eigenvalue weighted by Gasteiger charge is -2.26. The first-order valence-corrected chi connectivity index (χ1v) is 10.1. The molecule has 156 valence electrons. The monoisotopic (exact) mass is 414 g/mol. The summed E-state index contributed by atoms with van der Waals surface area (Å²) in [6.07, 6.45) is 0. The fourth-order valence-electron chi connectivity index (χ4n) is 3.43. The largest absolute Gasteiger partial charge is 0.397 e. The molecule has 0 unspecified atom stereocenters. The van der Waals surface area contributed by atoms with E-state index in [1.807, 2.05) is 32.9 Å². The van der Waals surface area contributed by atoms with Gasteiger partial charge in [0.25, 0.3) is 0 Å². The number of benzene rings is 4. The van der Waals surface area contributed by atoms with E-state index < -0.39 is 5.41 Å². The van der Waals surface area contributed by atoms with Crippen LogP contribution in [0.3, 0.4) is 0 Å². The van der Waals surface area contributed by atoms with Gasteiger partial charge in [-0.3, -0.25) is 0 Å². The fraction of sp³-hybridized carbons (Fsp3) is 0.172. The molecule has 0 aliphatic rings. The van der Waals surface area contributed by atoms with Crippen molar-refractivity contribution in [3.8, 4) is 22.3 Å². The number of hydrogen-bond acceptors (Lipinski definition) is 2. The van der Waals surface area contributed by atoms with E-state index in [2.05, 4.69) is 5.32 Å². The quantitative estimate of drug-likeness (QED) is 0.332. The Hall–Kier alpha value is -3.52. The molecule has 3 N–H and O–H groups in total. The maximum Gasteiger partial charge on any atom is 0.0629 e. The third kappa shape index (κ3) is 4.34. The number of para-hydroxylation sites is 2. The summed E-state index contributed by atoms with van der Waals surface area (Å²) in [6.45, 7) is 7.66. The van der Waals surface area contributed by atoms with Crippen LogP contribution in [0.4, 0.5) is 17.1 Å². The molecule has 0 aliphatic carbocycles. The van der Waals surface area contributed by atoms with Gasteiger partial charge in [-0.15, -0.1) is 0 Å². The molecule has 0 aliphatic heterocycles. The number of nitrogen functional groups attached to an aromatic ring is 1. The Morgan fingerprint density at radius 1 is 0.806 bits per heavy atom. The maximum atomic E-state index is 8.80. The standard InChI is InChI=1S/C29H30N2/c1-20-12-8-9-15-23(20)25-19-22(29(2,3)4)18-24(21-13-6-5-7-14-21)28(25)31-27-17-11-10-16-26(27)30/h5-19,31H,30H2,1-4H3/i5D,6D,7D,8D,9D,12D,13D,15D. The first kappa shape index (κ1) is 13.0. The van der Waals surface area contributed by atoms with E-state index >= 15 is 0 Å². The average Bonchev–Trinajstić information content (AvgIpc) is 2.88. The average molecular weight is 415 g/mol. The molecule has 0 aromatic heterocycles. The van der Waals surface area contributed by atoms with Crippen LogP contribution in [0.25, 0.3) is 22.3 Å². The number of rotatable bonds is 4. The van der Waals surface area contributed by atoms with Crippen LogP contribution in [0.1, 0.15) is 42.9 Å². The zero-order valence-electron chi connectivity index (χ0n) is 26.1. The zero-order valence-corrected chi connectivity index (χ0v) is 18.1. The van der Waals surface area contributed by atoms with Gasteiger partial charge in [0.15, 0.2) is 0 Å². The van der Waals surface area contributed by atoms with Gasteiger partial charge in [-0.1, -0.05) is 87.3 Å². The molecule has 0 radical (unpaired) electrons. The summed E-state index contributed by atoms with van der Waals surface area (Å²) in [5.41, 5.74) is 9.92. The lowest BCUT2D eigenvalue weighted by atomic mass is 9.81.